The summed E-state index contributed by atoms with van der Waals surface area (Å²) in [6.07, 6.45) is 11.0. The molecule has 1 rings (SSSR count). The van der Waals surface area contributed by atoms with Crippen LogP contribution in [0.25, 0.3) is 0 Å². The van der Waals surface area contributed by atoms with Crippen LogP contribution in [0.3, 0.4) is 0 Å². The lowest BCUT2D eigenvalue weighted by Crippen LogP contribution is -2.17. The molecule has 0 fully saturated rings. The molecule has 1 nitrogen and oxygen atoms in total. The fourth-order valence-corrected chi connectivity index (χ4v) is 1.45. The van der Waals surface area contributed by atoms with Crippen molar-refractivity contribution in [1.29, 1.82) is 0 Å². The van der Waals surface area contributed by atoms with E-state index >= 15 is 0 Å². The van der Waals surface area contributed by atoms with Crippen molar-refractivity contribution in [3.05, 3.63) is 36.1 Å². The van der Waals surface area contributed by atoms with Crippen LogP contribution in [0.5, 0.6) is 0 Å². The first-order valence-corrected chi connectivity index (χ1v) is 5.41. The van der Waals surface area contributed by atoms with E-state index in [1.165, 1.54) is 5.70 Å². The fourth-order valence-electron chi connectivity index (χ4n) is 1.45. The van der Waals surface area contributed by atoms with E-state index in [4.69, 9.17) is 0 Å². The van der Waals surface area contributed by atoms with Crippen molar-refractivity contribution in [3.8, 4) is 0 Å². The predicted molar refractivity (Wildman–Crippen MR) is 63.0 cm³/mol. The molecule has 0 heterocycles. The third kappa shape index (κ3) is 2.50. The number of allylic oxidation sites excluding steroid dienone is 5. The summed E-state index contributed by atoms with van der Waals surface area (Å²) >= 11 is 0. The molecule has 78 valence electrons. The number of nitrogens with one attached hydrogen (secondary N) is 1. The second-order valence-electron chi connectivity index (χ2n) is 4.37. The Morgan fingerprint density at radius 1 is 1.36 bits per heavy atom. The van der Waals surface area contributed by atoms with Crippen molar-refractivity contribution in [1.82, 2.24) is 5.32 Å². The lowest BCUT2D eigenvalue weighted by Gasteiger charge is -2.26. The molecule has 0 spiro atoms. The first-order valence-electron chi connectivity index (χ1n) is 5.41. The molecule has 1 heteroatoms. The van der Waals surface area contributed by atoms with Gasteiger partial charge in [0, 0.05) is 17.7 Å². The minimum absolute atomic E-state index is 0.188. The van der Waals surface area contributed by atoms with Crippen LogP contribution < -0.4 is 5.32 Å². The molecule has 0 bridgehead atoms. The smallest absolute Gasteiger partial charge is 0.0337 e. The first-order chi connectivity index (χ1) is 6.58. The number of hydrogen-bond donors (Lipinski definition) is 1. The fraction of sp³-hybridized carbons (Fsp3) is 0.538. The molecule has 1 atom stereocenters. The molecule has 0 aliphatic heterocycles. The normalized spacial score (nSPS) is 26.2. The second kappa shape index (κ2) is 4.50. The summed E-state index contributed by atoms with van der Waals surface area (Å²) in [6.45, 7) is 9.88. The largest absolute Gasteiger partial charge is 0.385 e. The predicted octanol–water partition coefficient (Wildman–Crippen LogP) is 3.27. The molecule has 1 aliphatic rings. The summed E-state index contributed by atoms with van der Waals surface area (Å²) in [5.41, 5.74) is 1.39. The van der Waals surface area contributed by atoms with Gasteiger partial charge in [0.05, 0.1) is 0 Å². The molecular formula is C13H21N. The van der Waals surface area contributed by atoms with Crippen LogP contribution in [-0.2, 0) is 0 Å². The van der Waals surface area contributed by atoms with E-state index in [0.717, 1.165) is 6.54 Å². The minimum Gasteiger partial charge on any atom is -0.385 e. The maximum atomic E-state index is 3.32. The summed E-state index contributed by atoms with van der Waals surface area (Å²) in [6, 6.07) is 0. The van der Waals surface area contributed by atoms with Crippen LogP contribution in [0.1, 0.15) is 27.7 Å². The summed E-state index contributed by atoms with van der Waals surface area (Å²) < 4.78 is 0. The average Bonchev–Trinajstić information content (AvgIpc) is 2.30. The molecule has 0 amide bonds. The molecular weight excluding hydrogens is 170 g/mol. The zero-order valence-electron chi connectivity index (χ0n) is 9.67. The van der Waals surface area contributed by atoms with Crippen molar-refractivity contribution in [2.75, 3.05) is 6.54 Å². The highest BCUT2D eigenvalue weighted by molar-refractivity contribution is 5.30. The Balaban J connectivity index is 2.81. The Morgan fingerprint density at radius 3 is 2.64 bits per heavy atom. The van der Waals surface area contributed by atoms with Crippen molar-refractivity contribution in [3.63, 3.8) is 0 Å². The van der Waals surface area contributed by atoms with Gasteiger partial charge in [-0.1, -0.05) is 39.0 Å². The van der Waals surface area contributed by atoms with Crippen molar-refractivity contribution in [2.24, 2.45) is 11.3 Å². The number of hydrogen-bond acceptors (Lipinski definition) is 1. The van der Waals surface area contributed by atoms with Crippen molar-refractivity contribution in [2.45, 2.75) is 27.7 Å². The van der Waals surface area contributed by atoms with Crippen LogP contribution in [-0.4, -0.2) is 6.54 Å². The minimum atomic E-state index is 0.188. The van der Waals surface area contributed by atoms with Crippen LogP contribution in [0, 0.1) is 11.3 Å². The molecule has 0 aromatic heterocycles. The van der Waals surface area contributed by atoms with Crippen LogP contribution >= 0.6 is 0 Å². The summed E-state index contributed by atoms with van der Waals surface area (Å²) in [7, 11) is 0. The van der Waals surface area contributed by atoms with Gasteiger partial charge in [0.2, 0.25) is 0 Å². The Kier molecular flexibility index (Phi) is 3.56. The molecule has 0 saturated heterocycles. The maximum absolute atomic E-state index is 3.32. The first kappa shape index (κ1) is 11.1. The molecule has 0 saturated carbocycles. The highest BCUT2D eigenvalue weighted by Crippen LogP contribution is 2.31. The summed E-state index contributed by atoms with van der Waals surface area (Å²) in [5, 5.41) is 3.32. The lowest BCUT2D eigenvalue weighted by atomic mass is 9.79. The molecule has 0 aromatic rings. The zero-order chi connectivity index (χ0) is 10.6. The van der Waals surface area contributed by atoms with Crippen molar-refractivity contribution >= 4 is 0 Å². The van der Waals surface area contributed by atoms with Gasteiger partial charge in [0.15, 0.2) is 0 Å². The van der Waals surface area contributed by atoms with Crippen LogP contribution in [0.15, 0.2) is 36.1 Å². The molecule has 1 aliphatic carbocycles. The molecule has 0 radical (unpaired) electrons. The highest BCUT2D eigenvalue weighted by Gasteiger charge is 2.22. The topological polar surface area (TPSA) is 12.0 Å². The number of rotatable bonds is 3. The monoisotopic (exact) mass is 191 g/mol. The van der Waals surface area contributed by atoms with Gasteiger partial charge in [-0.3, -0.25) is 0 Å². The van der Waals surface area contributed by atoms with E-state index in [-0.39, 0.29) is 5.41 Å². The summed E-state index contributed by atoms with van der Waals surface area (Å²) in [4.78, 5) is 0. The quantitative estimate of drug-likeness (QED) is 0.722. The highest BCUT2D eigenvalue weighted by atomic mass is 14.9. The van der Waals surface area contributed by atoms with Crippen molar-refractivity contribution < 1.29 is 0 Å². The van der Waals surface area contributed by atoms with E-state index in [2.05, 4.69) is 63.4 Å². The molecule has 14 heavy (non-hydrogen) atoms. The van der Waals surface area contributed by atoms with Gasteiger partial charge in [0.1, 0.15) is 0 Å². The van der Waals surface area contributed by atoms with Gasteiger partial charge in [-0.2, -0.15) is 0 Å². The van der Waals surface area contributed by atoms with Gasteiger partial charge in [-0.05, 0) is 25.0 Å². The lowest BCUT2D eigenvalue weighted by molar-refractivity contribution is 0.383. The molecule has 1 N–H and O–H groups in total. The third-order valence-electron chi connectivity index (χ3n) is 2.98. The van der Waals surface area contributed by atoms with E-state index in [0.29, 0.717) is 5.92 Å². The van der Waals surface area contributed by atoms with E-state index in [9.17, 15) is 0 Å². The zero-order valence-corrected chi connectivity index (χ0v) is 9.67. The maximum Gasteiger partial charge on any atom is 0.0337 e. The SMILES string of the molecule is CCNC1=CC=CC(C)(C(C)C)C=C1. The third-order valence-corrected chi connectivity index (χ3v) is 2.98. The Morgan fingerprint density at radius 2 is 2.07 bits per heavy atom. The van der Waals surface area contributed by atoms with E-state index < -0.39 is 0 Å². The van der Waals surface area contributed by atoms with Crippen LogP contribution in [0.2, 0.25) is 0 Å². The van der Waals surface area contributed by atoms with Gasteiger partial charge in [-0.25, -0.2) is 0 Å². The van der Waals surface area contributed by atoms with E-state index in [1.807, 2.05) is 0 Å². The van der Waals surface area contributed by atoms with Gasteiger partial charge in [-0.15, -0.1) is 0 Å². The van der Waals surface area contributed by atoms with Gasteiger partial charge >= 0.3 is 0 Å². The van der Waals surface area contributed by atoms with Crippen LogP contribution in [0.4, 0.5) is 0 Å². The second-order valence-corrected chi connectivity index (χ2v) is 4.37. The van der Waals surface area contributed by atoms with Gasteiger partial charge in [0.25, 0.3) is 0 Å². The summed E-state index contributed by atoms with van der Waals surface area (Å²) in [5.74, 6) is 0.629. The standard InChI is InChI=1S/C13H21N/c1-5-14-12-7-6-9-13(4,10-8-12)11(2)3/h6-11,14H,5H2,1-4H3. The Bertz CT molecular complexity index is 271. The molecule has 1 unspecified atom stereocenters. The Hall–Kier alpha value is -0.980. The molecule has 0 aromatic carbocycles. The van der Waals surface area contributed by atoms with Gasteiger partial charge < -0.3 is 5.32 Å². The Labute approximate surface area is 87.6 Å². The van der Waals surface area contributed by atoms with E-state index in [1.54, 1.807) is 0 Å². The number of likely N-dealkylation sites (N-methyl/N-ethyl adjacent to an activating group) is 1. The average molecular weight is 191 g/mol.